The molecule has 0 amide bonds. The van der Waals surface area contributed by atoms with E-state index >= 15 is 0 Å². The molecule has 2 aromatic rings. The van der Waals surface area contributed by atoms with Crippen LogP contribution in [0.2, 0.25) is 0 Å². The fraction of sp³-hybridized carbons (Fsp3) is 0.100. The quantitative estimate of drug-likeness (QED) is 0.617. The van der Waals surface area contributed by atoms with Crippen molar-refractivity contribution in [2.75, 3.05) is 0 Å². The van der Waals surface area contributed by atoms with Gasteiger partial charge in [-0.1, -0.05) is 6.07 Å². The Kier molecular flexibility index (Phi) is 2.87. The van der Waals surface area contributed by atoms with Crippen molar-refractivity contribution in [1.29, 1.82) is 0 Å². The van der Waals surface area contributed by atoms with Gasteiger partial charge in [-0.05, 0) is 19.1 Å². The molecule has 1 aromatic heterocycles. The molecular weight excluding hydrogens is 258 g/mol. The van der Waals surface area contributed by atoms with E-state index < -0.39 is 14.9 Å². The summed E-state index contributed by atoms with van der Waals surface area (Å²) >= 11 is 0. The highest BCUT2D eigenvalue weighted by atomic mass is 32.2. The van der Waals surface area contributed by atoms with Crippen LogP contribution < -0.4 is 0 Å². The molecule has 0 unspecified atom stereocenters. The van der Waals surface area contributed by atoms with Crippen LogP contribution in [-0.2, 0) is 10.0 Å². The second-order valence-corrected chi connectivity index (χ2v) is 5.38. The number of nitro benzene ring substituents is 1. The van der Waals surface area contributed by atoms with E-state index in [1.54, 1.807) is 6.92 Å². The first-order valence-corrected chi connectivity index (χ1v) is 6.37. The van der Waals surface area contributed by atoms with Gasteiger partial charge in [0, 0.05) is 17.8 Å². The lowest BCUT2D eigenvalue weighted by atomic mass is 10.2. The molecule has 0 aliphatic heterocycles. The zero-order valence-corrected chi connectivity index (χ0v) is 10.2. The van der Waals surface area contributed by atoms with Gasteiger partial charge >= 0.3 is 0 Å². The second kappa shape index (κ2) is 4.22. The zero-order valence-electron chi connectivity index (χ0n) is 9.35. The van der Waals surface area contributed by atoms with E-state index in [1.807, 2.05) is 0 Å². The SMILES string of the molecule is Cc1ccc(S(=O)(=O)n2cccn2)cc1[N+](=O)[O-]. The lowest BCUT2D eigenvalue weighted by Gasteiger charge is -2.05. The molecule has 2 rings (SSSR count). The van der Waals surface area contributed by atoms with Crippen LogP contribution in [0, 0.1) is 17.0 Å². The molecule has 0 atom stereocenters. The van der Waals surface area contributed by atoms with Gasteiger partial charge in [-0.15, -0.1) is 0 Å². The van der Waals surface area contributed by atoms with Crippen molar-refractivity contribution in [2.24, 2.45) is 0 Å². The standard InChI is InChI=1S/C10H9N3O4S/c1-8-3-4-9(7-10(8)13(14)15)18(16,17)12-6-2-5-11-12/h2-7H,1H3. The molecular formula is C10H9N3O4S. The predicted octanol–water partition coefficient (Wildman–Crippen LogP) is 1.34. The van der Waals surface area contributed by atoms with Gasteiger partial charge in [-0.25, -0.2) is 0 Å². The van der Waals surface area contributed by atoms with Gasteiger partial charge in [0.2, 0.25) is 0 Å². The third-order valence-corrected chi connectivity index (χ3v) is 3.96. The summed E-state index contributed by atoms with van der Waals surface area (Å²) < 4.78 is 24.9. The number of nitrogens with zero attached hydrogens (tertiary/aromatic N) is 3. The molecule has 1 aromatic carbocycles. The Labute approximate surface area is 103 Å². The maximum atomic E-state index is 12.1. The van der Waals surface area contributed by atoms with Crippen LogP contribution in [0.1, 0.15) is 5.56 Å². The summed E-state index contributed by atoms with van der Waals surface area (Å²) in [6.07, 6.45) is 2.58. The highest BCUT2D eigenvalue weighted by molar-refractivity contribution is 7.89. The van der Waals surface area contributed by atoms with Crippen LogP contribution in [0.15, 0.2) is 41.6 Å². The van der Waals surface area contributed by atoms with Crippen molar-refractivity contribution >= 4 is 15.7 Å². The van der Waals surface area contributed by atoms with E-state index in [0.717, 1.165) is 10.2 Å². The van der Waals surface area contributed by atoms with Gasteiger partial charge in [-0.3, -0.25) is 10.1 Å². The summed E-state index contributed by atoms with van der Waals surface area (Å²) in [6.45, 7) is 1.54. The third-order valence-electron chi connectivity index (χ3n) is 2.40. The second-order valence-electron chi connectivity index (χ2n) is 3.59. The lowest BCUT2D eigenvalue weighted by Crippen LogP contribution is -2.13. The molecule has 0 bridgehead atoms. The van der Waals surface area contributed by atoms with E-state index in [-0.39, 0.29) is 10.6 Å². The molecule has 0 radical (unpaired) electrons. The van der Waals surface area contributed by atoms with E-state index in [1.165, 1.54) is 30.6 Å². The Hall–Kier alpha value is -2.22. The molecule has 0 N–H and O–H groups in total. The zero-order chi connectivity index (χ0) is 13.3. The van der Waals surface area contributed by atoms with E-state index in [4.69, 9.17) is 0 Å². The molecule has 0 spiro atoms. The van der Waals surface area contributed by atoms with Crippen LogP contribution in [0.5, 0.6) is 0 Å². The minimum absolute atomic E-state index is 0.163. The van der Waals surface area contributed by atoms with E-state index in [2.05, 4.69) is 5.10 Å². The fourth-order valence-corrected chi connectivity index (χ4v) is 2.58. The van der Waals surface area contributed by atoms with Crippen LogP contribution in [0.25, 0.3) is 0 Å². The Bertz CT molecular complexity index is 692. The molecule has 0 aliphatic rings. The highest BCUT2D eigenvalue weighted by Gasteiger charge is 2.21. The van der Waals surface area contributed by atoms with Gasteiger partial charge in [-0.2, -0.15) is 17.6 Å². The molecule has 0 saturated heterocycles. The van der Waals surface area contributed by atoms with Crippen molar-refractivity contribution in [3.8, 4) is 0 Å². The van der Waals surface area contributed by atoms with Crippen LogP contribution in [-0.4, -0.2) is 22.5 Å². The number of aryl methyl sites for hydroxylation is 1. The first kappa shape index (κ1) is 12.2. The first-order valence-electron chi connectivity index (χ1n) is 4.93. The summed E-state index contributed by atoms with van der Waals surface area (Å²) in [5.74, 6) is 0. The normalized spacial score (nSPS) is 11.4. The van der Waals surface area contributed by atoms with Crippen LogP contribution >= 0.6 is 0 Å². The average Bonchev–Trinajstić information content (AvgIpc) is 2.82. The topological polar surface area (TPSA) is 95.1 Å². The Morgan fingerprint density at radius 2 is 2.11 bits per heavy atom. The van der Waals surface area contributed by atoms with Crippen molar-refractivity contribution in [1.82, 2.24) is 9.19 Å². The van der Waals surface area contributed by atoms with Crippen molar-refractivity contribution in [3.63, 3.8) is 0 Å². The molecule has 8 heteroatoms. The Morgan fingerprint density at radius 1 is 1.39 bits per heavy atom. The third kappa shape index (κ3) is 1.97. The molecule has 18 heavy (non-hydrogen) atoms. The summed E-state index contributed by atoms with van der Waals surface area (Å²) in [6, 6.07) is 5.21. The van der Waals surface area contributed by atoms with Gasteiger partial charge in [0.15, 0.2) is 0 Å². The minimum atomic E-state index is -3.87. The maximum absolute atomic E-state index is 12.1. The molecule has 0 aliphatic carbocycles. The van der Waals surface area contributed by atoms with Gasteiger partial charge in [0.05, 0.1) is 16.0 Å². The molecule has 0 saturated carbocycles. The summed E-state index contributed by atoms with van der Waals surface area (Å²) in [7, 11) is -3.87. The number of nitro groups is 1. The number of hydrogen-bond donors (Lipinski definition) is 0. The van der Waals surface area contributed by atoms with Crippen LogP contribution in [0.3, 0.4) is 0 Å². The van der Waals surface area contributed by atoms with E-state index in [9.17, 15) is 18.5 Å². The van der Waals surface area contributed by atoms with E-state index in [0.29, 0.717) is 5.56 Å². The number of benzene rings is 1. The van der Waals surface area contributed by atoms with Gasteiger partial charge in [0.1, 0.15) is 0 Å². The van der Waals surface area contributed by atoms with Gasteiger partial charge < -0.3 is 0 Å². The summed E-state index contributed by atoms with van der Waals surface area (Å²) in [5.41, 5.74) is 0.169. The fourth-order valence-electron chi connectivity index (χ4n) is 1.45. The van der Waals surface area contributed by atoms with Crippen molar-refractivity contribution in [2.45, 2.75) is 11.8 Å². The first-order chi connectivity index (χ1) is 8.43. The molecule has 7 nitrogen and oxygen atoms in total. The van der Waals surface area contributed by atoms with Crippen LogP contribution in [0.4, 0.5) is 5.69 Å². The molecule has 1 heterocycles. The van der Waals surface area contributed by atoms with Gasteiger partial charge in [0.25, 0.3) is 15.7 Å². The minimum Gasteiger partial charge on any atom is -0.258 e. The Balaban J connectivity index is 2.60. The number of rotatable bonds is 3. The summed E-state index contributed by atoms with van der Waals surface area (Å²) in [5, 5.41) is 14.4. The lowest BCUT2D eigenvalue weighted by molar-refractivity contribution is -0.385. The molecule has 94 valence electrons. The smallest absolute Gasteiger partial charge is 0.258 e. The molecule has 0 fully saturated rings. The summed E-state index contributed by atoms with van der Waals surface area (Å²) in [4.78, 5) is 10.00. The monoisotopic (exact) mass is 267 g/mol. The van der Waals surface area contributed by atoms with Crippen molar-refractivity contribution < 1.29 is 13.3 Å². The highest BCUT2D eigenvalue weighted by Crippen LogP contribution is 2.23. The Morgan fingerprint density at radius 3 is 2.67 bits per heavy atom. The number of hydrogen-bond acceptors (Lipinski definition) is 5. The predicted molar refractivity (Wildman–Crippen MR) is 62.6 cm³/mol. The van der Waals surface area contributed by atoms with Crippen molar-refractivity contribution in [3.05, 3.63) is 52.3 Å². The average molecular weight is 267 g/mol. The maximum Gasteiger partial charge on any atom is 0.283 e. The largest absolute Gasteiger partial charge is 0.283 e. The number of aromatic nitrogens is 2.